The molecule has 0 fully saturated rings. The molecule has 1 amide bonds. The molecule has 0 unspecified atom stereocenters. The number of amides is 1. The number of anilines is 2. The number of aryl methyl sites for hydroxylation is 1. The third-order valence-corrected chi connectivity index (χ3v) is 3.09. The number of hydrogen-bond donors (Lipinski definition) is 2. The molecule has 6 nitrogen and oxygen atoms in total. The van der Waals surface area contributed by atoms with Crippen LogP contribution in [0, 0.1) is 6.92 Å². The van der Waals surface area contributed by atoms with Crippen LogP contribution in [0.4, 0.5) is 20.3 Å². The van der Waals surface area contributed by atoms with E-state index >= 15 is 0 Å². The summed E-state index contributed by atoms with van der Waals surface area (Å²) in [6, 6.07) is 5.81. The van der Waals surface area contributed by atoms with Crippen LogP contribution in [-0.2, 0) is 0 Å². The quantitative estimate of drug-likeness (QED) is 0.890. The Morgan fingerprint density at radius 2 is 2.09 bits per heavy atom. The number of rotatable bonds is 2. The number of para-hydroxylation sites is 1. The van der Waals surface area contributed by atoms with Gasteiger partial charge < -0.3 is 20.5 Å². The molecule has 1 aliphatic heterocycles. The van der Waals surface area contributed by atoms with Gasteiger partial charge in [0, 0.05) is 6.20 Å². The Morgan fingerprint density at radius 3 is 2.82 bits per heavy atom. The minimum absolute atomic E-state index is 0.0487. The minimum Gasteiger partial charge on any atom is -0.395 e. The number of nitrogens with one attached hydrogen (secondary N) is 1. The van der Waals surface area contributed by atoms with E-state index in [1.165, 1.54) is 24.4 Å². The number of pyridine rings is 1. The summed E-state index contributed by atoms with van der Waals surface area (Å²) in [4.78, 5) is 16.1. The third-order valence-electron chi connectivity index (χ3n) is 3.09. The van der Waals surface area contributed by atoms with Crippen LogP contribution < -0.4 is 20.5 Å². The van der Waals surface area contributed by atoms with Crippen LogP contribution >= 0.6 is 0 Å². The molecule has 2 heterocycles. The third kappa shape index (κ3) is 2.39. The van der Waals surface area contributed by atoms with E-state index in [0.29, 0.717) is 5.56 Å². The number of nitrogen functional groups attached to an aromatic ring is 1. The van der Waals surface area contributed by atoms with Crippen molar-refractivity contribution in [1.82, 2.24) is 4.98 Å². The Bertz CT molecular complexity index is 745. The zero-order valence-corrected chi connectivity index (χ0v) is 11.4. The van der Waals surface area contributed by atoms with Crippen molar-refractivity contribution in [2.45, 2.75) is 13.2 Å². The summed E-state index contributed by atoms with van der Waals surface area (Å²) in [5.41, 5.74) is 6.52. The van der Waals surface area contributed by atoms with E-state index in [-0.39, 0.29) is 28.6 Å². The fraction of sp³-hybridized carbons (Fsp3) is 0.143. The lowest BCUT2D eigenvalue weighted by atomic mass is 10.1. The zero-order chi connectivity index (χ0) is 15.9. The van der Waals surface area contributed by atoms with Crippen molar-refractivity contribution in [2.75, 3.05) is 11.1 Å². The molecule has 3 rings (SSSR count). The fourth-order valence-corrected chi connectivity index (χ4v) is 2.13. The zero-order valence-electron chi connectivity index (χ0n) is 11.4. The van der Waals surface area contributed by atoms with Gasteiger partial charge in [-0.1, -0.05) is 6.07 Å². The molecule has 114 valence electrons. The Morgan fingerprint density at radius 1 is 1.32 bits per heavy atom. The second kappa shape index (κ2) is 4.83. The van der Waals surface area contributed by atoms with Crippen molar-refractivity contribution in [1.29, 1.82) is 0 Å². The lowest BCUT2D eigenvalue weighted by Crippen LogP contribution is -2.26. The summed E-state index contributed by atoms with van der Waals surface area (Å²) in [6.07, 6.45) is -2.29. The summed E-state index contributed by atoms with van der Waals surface area (Å²) in [5.74, 6) is -0.914. The van der Waals surface area contributed by atoms with Gasteiger partial charge in [0.15, 0.2) is 11.5 Å². The maximum Gasteiger partial charge on any atom is 0.586 e. The van der Waals surface area contributed by atoms with Gasteiger partial charge in [-0.15, -0.1) is 8.78 Å². The molecule has 0 saturated heterocycles. The van der Waals surface area contributed by atoms with E-state index in [4.69, 9.17) is 5.73 Å². The number of aromatic nitrogens is 1. The molecule has 1 aromatic carbocycles. The molecular formula is C14H11F2N3O3. The van der Waals surface area contributed by atoms with Crippen molar-refractivity contribution in [3.8, 4) is 11.5 Å². The Balaban J connectivity index is 1.93. The number of hydrogen-bond acceptors (Lipinski definition) is 5. The number of nitrogens with two attached hydrogens (primary N) is 1. The maximum absolute atomic E-state index is 13.1. The molecular weight excluding hydrogens is 296 g/mol. The van der Waals surface area contributed by atoms with E-state index < -0.39 is 12.2 Å². The second-order valence-corrected chi connectivity index (χ2v) is 4.64. The van der Waals surface area contributed by atoms with Gasteiger partial charge in [-0.3, -0.25) is 4.79 Å². The van der Waals surface area contributed by atoms with Gasteiger partial charge >= 0.3 is 6.29 Å². The Hall–Kier alpha value is -2.90. The molecule has 3 N–H and O–H groups in total. The maximum atomic E-state index is 13.1. The molecule has 0 bridgehead atoms. The van der Waals surface area contributed by atoms with Gasteiger partial charge in [0.25, 0.3) is 5.91 Å². The number of halogens is 2. The van der Waals surface area contributed by atoms with Crippen molar-refractivity contribution < 1.29 is 23.0 Å². The van der Waals surface area contributed by atoms with Crippen molar-refractivity contribution >= 4 is 17.4 Å². The molecule has 8 heteroatoms. The van der Waals surface area contributed by atoms with Gasteiger partial charge in [-0.2, -0.15) is 0 Å². The van der Waals surface area contributed by atoms with E-state index in [0.717, 1.165) is 0 Å². The number of carbonyl (C=O) groups is 1. The SMILES string of the molecule is Cc1ccnc(N)c1C(=O)Nc1cccc2c1OC(F)(F)O2. The van der Waals surface area contributed by atoms with Gasteiger partial charge in [0.2, 0.25) is 0 Å². The van der Waals surface area contributed by atoms with E-state index in [1.54, 1.807) is 13.0 Å². The van der Waals surface area contributed by atoms with Crippen LogP contribution in [0.3, 0.4) is 0 Å². The average Bonchev–Trinajstić information content (AvgIpc) is 2.73. The van der Waals surface area contributed by atoms with Crippen LogP contribution in [0.5, 0.6) is 11.5 Å². The average molecular weight is 307 g/mol. The van der Waals surface area contributed by atoms with Gasteiger partial charge in [-0.05, 0) is 30.7 Å². The van der Waals surface area contributed by atoms with Crippen molar-refractivity contribution in [2.24, 2.45) is 0 Å². The topological polar surface area (TPSA) is 86.5 Å². The molecule has 22 heavy (non-hydrogen) atoms. The Labute approximate surface area is 123 Å². The van der Waals surface area contributed by atoms with Crippen LogP contribution in [-0.4, -0.2) is 17.2 Å². The standard InChI is InChI=1S/C14H11F2N3O3/c1-7-5-6-18-12(17)10(7)13(20)19-8-3-2-4-9-11(8)22-14(15,16)21-9/h2-6H,1H3,(H2,17,18)(H,19,20). The number of nitrogens with zero attached hydrogens (tertiary/aromatic N) is 1. The Kier molecular flexibility index (Phi) is 3.09. The van der Waals surface area contributed by atoms with E-state index in [1.807, 2.05) is 0 Å². The molecule has 0 atom stereocenters. The summed E-state index contributed by atoms with van der Waals surface area (Å²) in [7, 11) is 0. The highest BCUT2D eigenvalue weighted by Crippen LogP contribution is 2.45. The van der Waals surface area contributed by atoms with Gasteiger partial charge in [0.1, 0.15) is 5.82 Å². The van der Waals surface area contributed by atoms with E-state index in [9.17, 15) is 13.6 Å². The number of carbonyl (C=O) groups excluding carboxylic acids is 1. The first-order valence-corrected chi connectivity index (χ1v) is 6.29. The first kappa shape index (κ1) is 14.1. The molecule has 0 radical (unpaired) electrons. The summed E-state index contributed by atoms with van der Waals surface area (Å²) in [5, 5.41) is 2.48. The molecule has 2 aromatic rings. The monoisotopic (exact) mass is 307 g/mol. The number of fused-ring (bicyclic) bond motifs is 1. The number of ether oxygens (including phenoxy) is 2. The largest absolute Gasteiger partial charge is 0.586 e. The van der Waals surface area contributed by atoms with Crippen molar-refractivity contribution in [3.05, 3.63) is 41.6 Å². The first-order chi connectivity index (χ1) is 10.4. The van der Waals surface area contributed by atoms with Crippen LogP contribution in [0.1, 0.15) is 15.9 Å². The molecule has 1 aliphatic rings. The summed E-state index contributed by atoms with van der Waals surface area (Å²) in [6.45, 7) is 1.69. The number of benzene rings is 1. The molecule has 0 aliphatic carbocycles. The smallest absolute Gasteiger partial charge is 0.395 e. The molecule has 0 spiro atoms. The molecule has 1 aromatic heterocycles. The fourth-order valence-electron chi connectivity index (χ4n) is 2.13. The first-order valence-electron chi connectivity index (χ1n) is 6.29. The van der Waals surface area contributed by atoms with Crippen LogP contribution in [0.25, 0.3) is 0 Å². The van der Waals surface area contributed by atoms with E-state index in [2.05, 4.69) is 19.8 Å². The lowest BCUT2D eigenvalue weighted by Gasteiger charge is -2.11. The van der Waals surface area contributed by atoms with Gasteiger partial charge in [0.05, 0.1) is 11.3 Å². The normalized spacial score (nSPS) is 14.7. The second-order valence-electron chi connectivity index (χ2n) is 4.64. The highest BCUT2D eigenvalue weighted by molar-refractivity contribution is 6.09. The lowest BCUT2D eigenvalue weighted by molar-refractivity contribution is -0.286. The summed E-state index contributed by atoms with van der Waals surface area (Å²) < 4.78 is 35.0. The predicted octanol–water partition coefficient (Wildman–Crippen LogP) is 2.55. The van der Waals surface area contributed by atoms with Crippen LogP contribution in [0.15, 0.2) is 30.5 Å². The van der Waals surface area contributed by atoms with Gasteiger partial charge in [-0.25, -0.2) is 4.98 Å². The highest BCUT2D eigenvalue weighted by atomic mass is 19.3. The van der Waals surface area contributed by atoms with Crippen molar-refractivity contribution in [3.63, 3.8) is 0 Å². The summed E-state index contributed by atoms with van der Waals surface area (Å²) >= 11 is 0. The minimum atomic E-state index is -3.76. The molecule has 0 saturated carbocycles. The number of alkyl halides is 2. The predicted molar refractivity (Wildman–Crippen MR) is 74.0 cm³/mol. The highest BCUT2D eigenvalue weighted by Gasteiger charge is 2.44. The van der Waals surface area contributed by atoms with Crippen LogP contribution in [0.2, 0.25) is 0 Å².